The summed E-state index contributed by atoms with van der Waals surface area (Å²) in [4.78, 5) is 11.2. The minimum absolute atomic E-state index is 0.0199. The topological polar surface area (TPSA) is 89.8 Å². The van der Waals surface area contributed by atoms with Crippen LogP contribution >= 0.6 is 0 Å². The van der Waals surface area contributed by atoms with E-state index in [0.29, 0.717) is 6.61 Å². The smallest absolute Gasteiger partial charge is 0.183 e. The van der Waals surface area contributed by atoms with Crippen LogP contribution in [0.1, 0.15) is 39.5 Å². The summed E-state index contributed by atoms with van der Waals surface area (Å²) in [5.41, 5.74) is 0. The first-order valence-electron chi connectivity index (χ1n) is 8.01. The first kappa shape index (κ1) is 21.0. The molecule has 0 spiro atoms. The summed E-state index contributed by atoms with van der Waals surface area (Å²) in [6, 6.07) is -0.839. The van der Waals surface area contributed by atoms with Gasteiger partial charge < -0.3 is 24.9 Å². The lowest BCUT2D eigenvalue weighted by molar-refractivity contribution is -0.960. The zero-order chi connectivity index (χ0) is 16.8. The van der Waals surface area contributed by atoms with E-state index in [1.165, 1.54) is 6.92 Å². The molecule has 0 amide bonds. The number of quaternary nitrogens is 1. The molecule has 0 bridgehead atoms. The van der Waals surface area contributed by atoms with Crippen LogP contribution in [-0.2, 0) is 9.53 Å². The van der Waals surface area contributed by atoms with Gasteiger partial charge in [0.1, 0.15) is 19.1 Å². The van der Waals surface area contributed by atoms with Crippen molar-refractivity contribution in [2.75, 3.05) is 39.6 Å². The van der Waals surface area contributed by atoms with Crippen molar-refractivity contribution in [1.82, 2.24) is 0 Å². The van der Waals surface area contributed by atoms with E-state index in [1.54, 1.807) is 0 Å². The Balaban J connectivity index is 4.31. The quantitative estimate of drug-likeness (QED) is 0.204. The molecular formula is C16H31NO5. The maximum absolute atomic E-state index is 11.2. The van der Waals surface area contributed by atoms with Crippen molar-refractivity contribution >= 4 is 5.97 Å². The minimum Gasteiger partial charge on any atom is -0.544 e. The molecule has 0 saturated heterocycles. The molecule has 1 unspecified atom stereocenters. The summed E-state index contributed by atoms with van der Waals surface area (Å²) in [5, 5.41) is 29.6. The zero-order valence-electron chi connectivity index (χ0n) is 13.9. The van der Waals surface area contributed by atoms with Crippen LogP contribution in [0, 0.1) is 0 Å². The molecule has 0 saturated carbocycles. The molecule has 0 rings (SSSR count). The summed E-state index contributed by atoms with van der Waals surface area (Å²) >= 11 is 0. The van der Waals surface area contributed by atoms with Gasteiger partial charge in [0.2, 0.25) is 0 Å². The monoisotopic (exact) mass is 317 g/mol. The summed E-state index contributed by atoms with van der Waals surface area (Å²) < 4.78 is 5.60. The van der Waals surface area contributed by atoms with Gasteiger partial charge in [0.05, 0.1) is 25.8 Å². The fraction of sp³-hybridized carbons (Fsp3) is 0.812. The van der Waals surface area contributed by atoms with Crippen molar-refractivity contribution in [1.29, 1.82) is 0 Å². The highest BCUT2D eigenvalue weighted by molar-refractivity contribution is 5.69. The molecule has 130 valence electrons. The Labute approximate surface area is 133 Å². The maximum atomic E-state index is 11.2. The molecule has 0 radical (unpaired) electrons. The average molecular weight is 317 g/mol. The van der Waals surface area contributed by atoms with E-state index in [-0.39, 0.29) is 37.5 Å². The molecule has 0 aliphatic heterocycles. The number of hydrogen-bond acceptors (Lipinski definition) is 5. The lowest BCUT2D eigenvalue weighted by Crippen LogP contribution is -2.63. The number of carboxylic acids is 1. The van der Waals surface area contributed by atoms with Crippen LogP contribution in [0.4, 0.5) is 0 Å². The molecule has 1 atom stereocenters. The second-order valence-electron chi connectivity index (χ2n) is 5.56. The van der Waals surface area contributed by atoms with Crippen LogP contribution in [0.2, 0.25) is 0 Å². The normalized spacial score (nSPS) is 13.6. The Bertz CT molecular complexity index is 314. The zero-order valence-corrected chi connectivity index (χ0v) is 13.9. The van der Waals surface area contributed by atoms with Gasteiger partial charge in [-0.25, -0.2) is 0 Å². The first-order valence-corrected chi connectivity index (χ1v) is 8.01. The number of nitrogens with zero attached hydrogens (tertiary/aromatic N) is 1. The number of aliphatic hydroxyl groups is 2. The first-order chi connectivity index (χ1) is 10.5. The van der Waals surface area contributed by atoms with Gasteiger partial charge in [-0.3, -0.25) is 4.48 Å². The van der Waals surface area contributed by atoms with E-state index >= 15 is 0 Å². The molecule has 0 heterocycles. The highest BCUT2D eigenvalue weighted by Crippen LogP contribution is 2.14. The third-order valence-electron chi connectivity index (χ3n) is 4.00. The summed E-state index contributed by atoms with van der Waals surface area (Å²) in [5.74, 6) is -1.20. The number of carboxylic acid groups (broad SMARTS) is 1. The average Bonchev–Trinajstić information content (AvgIpc) is 2.49. The number of hydrogen-bond donors (Lipinski definition) is 2. The number of carbonyl (C=O) groups is 1. The Morgan fingerprint density at radius 1 is 1.23 bits per heavy atom. The molecule has 0 aromatic carbocycles. The van der Waals surface area contributed by atoms with Crippen molar-refractivity contribution in [3.8, 4) is 0 Å². The van der Waals surface area contributed by atoms with Gasteiger partial charge in [-0.2, -0.15) is 0 Å². The third kappa shape index (κ3) is 7.89. The molecular weight excluding hydrogens is 286 g/mol. The highest BCUT2D eigenvalue weighted by Gasteiger charge is 2.34. The van der Waals surface area contributed by atoms with E-state index in [9.17, 15) is 20.1 Å². The van der Waals surface area contributed by atoms with Gasteiger partial charge >= 0.3 is 0 Å². The van der Waals surface area contributed by atoms with Crippen molar-refractivity contribution in [3.63, 3.8) is 0 Å². The number of allylic oxidation sites excluding steroid dienone is 2. The van der Waals surface area contributed by atoms with Gasteiger partial charge in [0.25, 0.3) is 0 Å². The van der Waals surface area contributed by atoms with Gasteiger partial charge in [-0.15, -0.1) is 0 Å². The van der Waals surface area contributed by atoms with Gasteiger partial charge in [-0.05, 0) is 33.1 Å². The maximum Gasteiger partial charge on any atom is 0.183 e. The second kappa shape index (κ2) is 12.6. The van der Waals surface area contributed by atoms with Crippen LogP contribution in [0.5, 0.6) is 0 Å². The fourth-order valence-electron chi connectivity index (χ4n) is 2.42. The minimum atomic E-state index is -1.20. The molecule has 6 heteroatoms. The summed E-state index contributed by atoms with van der Waals surface area (Å²) in [7, 11) is 0. The lowest BCUT2D eigenvalue weighted by Gasteiger charge is -2.42. The third-order valence-corrected chi connectivity index (χ3v) is 4.00. The molecule has 22 heavy (non-hydrogen) atoms. The molecule has 2 N–H and O–H groups in total. The largest absolute Gasteiger partial charge is 0.544 e. The molecule has 0 aliphatic rings. The number of aliphatic carboxylic acids is 1. The van der Waals surface area contributed by atoms with Crippen LogP contribution in [-0.4, -0.2) is 66.3 Å². The van der Waals surface area contributed by atoms with E-state index in [1.807, 2.05) is 13.0 Å². The molecule has 0 fully saturated rings. The van der Waals surface area contributed by atoms with Crippen molar-refractivity contribution in [2.24, 2.45) is 0 Å². The standard InChI is InChI=1S/C16H31NO5/c1-3-4-5-6-7-8-13-22-14-17(9-11-18,10-12-19)15(2)16(20)21/h3-4,15,18-19H,5-14H2,1-2H3/b4-3+. The predicted octanol–water partition coefficient (Wildman–Crippen LogP) is 0.0368. The van der Waals surface area contributed by atoms with E-state index < -0.39 is 12.0 Å². The summed E-state index contributed by atoms with van der Waals surface area (Å²) in [6.45, 7) is 4.35. The number of unbranched alkanes of at least 4 members (excludes halogenated alkanes) is 3. The van der Waals surface area contributed by atoms with Gasteiger partial charge in [0, 0.05) is 0 Å². The number of ether oxygens (including phenoxy) is 1. The predicted molar refractivity (Wildman–Crippen MR) is 82.7 cm³/mol. The Morgan fingerprint density at radius 3 is 2.36 bits per heavy atom. The molecule has 0 aromatic heterocycles. The van der Waals surface area contributed by atoms with E-state index in [2.05, 4.69) is 6.08 Å². The van der Waals surface area contributed by atoms with Gasteiger partial charge in [0.15, 0.2) is 6.73 Å². The fourth-order valence-corrected chi connectivity index (χ4v) is 2.42. The van der Waals surface area contributed by atoms with E-state index in [0.717, 1.165) is 25.7 Å². The number of aliphatic hydroxyl groups excluding tert-OH is 2. The van der Waals surface area contributed by atoms with Crippen LogP contribution in [0.25, 0.3) is 0 Å². The molecule has 0 aromatic rings. The Kier molecular flexibility index (Phi) is 12.0. The van der Waals surface area contributed by atoms with Crippen LogP contribution in [0.15, 0.2) is 12.2 Å². The Hall–Kier alpha value is -0.950. The highest BCUT2D eigenvalue weighted by atomic mass is 16.5. The number of carbonyl (C=O) groups excluding carboxylic acids is 1. The van der Waals surface area contributed by atoms with Crippen LogP contribution in [0.3, 0.4) is 0 Å². The number of rotatable bonds is 14. The van der Waals surface area contributed by atoms with Crippen molar-refractivity contribution in [3.05, 3.63) is 12.2 Å². The lowest BCUT2D eigenvalue weighted by atomic mass is 10.2. The van der Waals surface area contributed by atoms with Crippen molar-refractivity contribution in [2.45, 2.75) is 45.6 Å². The van der Waals surface area contributed by atoms with Crippen molar-refractivity contribution < 1.29 is 29.3 Å². The van der Waals surface area contributed by atoms with Crippen LogP contribution < -0.4 is 5.11 Å². The SMILES string of the molecule is C/C=C/CCCCCOC[N+](CCO)(CCO)C(C)C(=O)[O-]. The molecule has 6 nitrogen and oxygen atoms in total. The van der Waals surface area contributed by atoms with E-state index in [4.69, 9.17) is 4.74 Å². The van der Waals surface area contributed by atoms with Gasteiger partial charge in [-0.1, -0.05) is 18.6 Å². The summed E-state index contributed by atoms with van der Waals surface area (Å²) in [6.07, 6.45) is 8.31. The Morgan fingerprint density at radius 2 is 1.86 bits per heavy atom. The second-order valence-corrected chi connectivity index (χ2v) is 5.56. The molecule has 0 aliphatic carbocycles.